The van der Waals surface area contributed by atoms with Gasteiger partial charge in [-0.3, -0.25) is 14.5 Å². The van der Waals surface area contributed by atoms with E-state index in [9.17, 15) is 9.59 Å². The first-order chi connectivity index (χ1) is 14.6. The number of carboxylic acids is 1. The summed E-state index contributed by atoms with van der Waals surface area (Å²) in [5.41, 5.74) is 1.87. The Morgan fingerprint density at radius 3 is 2.23 bits per heavy atom. The summed E-state index contributed by atoms with van der Waals surface area (Å²) in [6.07, 6.45) is 0.700. The fourth-order valence-electron chi connectivity index (χ4n) is 4.31. The second-order valence-electron chi connectivity index (χ2n) is 7.71. The minimum absolute atomic E-state index is 0.0529. The van der Waals surface area contributed by atoms with Crippen molar-refractivity contribution in [3.8, 4) is 0 Å². The van der Waals surface area contributed by atoms with Crippen LogP contribution in [0.5, 0.6) is 0 Å². The van der Waals surface area contributed by atoms with Crippen LogP contribution in [0.3, 0.4) is 0 Å². The molecule has 0 spiro atoms. The average Bonchev–Trinajstić information content (AvgIpc) is 2.79. The highest BCUT2D eigenvalue weighted by atomic mass is 16.4. The van der Waals surface area contributed by atoms with Crippen molar-refractivity contribution >= 4 is 22.6 Å². The van der Waals surface area contributed by atoms with Gasteiger partial charge in [-0.05, 0) is 28.8 Å². The van der Waals surface area contributed by atoms with E-state index in [0.29, 0.717) is 19.5 Å². The van der Waals surface area contributed by atoms with E-state index >= 15 is 0 Å². The first kappa shape index (κ1) is 20.1. The zero-order valence-electron chi connectivity index (χ0n) is 16.9. The van der Waals surface area contributed by atoms with E-state index in [0.717, 1.165) is 35.0 Å². The smallest absolute Gasteiger partial charge is 0.303 e. The lowest BCUT2D eigenvalue weighted by Crippen LogP contribution is -2.49. The van der Waals surface area contributed by atoms with Gasteiger partial charge in [0, 0.05) is 44.2 Å². The minimum Gasteiger partial charge on any atom is -0.481 e. The molecule has 0 radical (unpaired) electrons. The first-order valence-electron chi connectivity index (χ1n) is 10.4. The molecule has 1 N–H and O–H groups in total. The number of rotatable bonds is 6. The molecule has 1 unspecified atom stereocenters. The molecule has 30 heavy (non-hydrogen) atoms. The van der Waals surface area contributed by atoms with Crippen LogP contribution in [0.1, 0.15) is 34.8 Å². The van der Waals surface area contributed by atoms with Crippen molar-refractivity contribution in [2.75, 3.05) is 26.2 Å². The third-order valence-electron chi connectivity index (χ3n) is 5.88. The van der Waals surface area contributed by atoms with Gasteiger partial charge in [0.15, 0.2) is 0 Å². The van der Waals surface area contributed by atoms with Gasteiger partial charge in [-0.2, -0.15) is 0 Å². The third-order valence-corrected chi connectivity index (χ3v) is 5.88. The lowest BCUT2D eigenvalue weighted by molar-refractivity contribution is -0.137. The van der Waals surface area contributed by atoms with Gasteiger partial charge in [-0.15, -0.1) is 0 Å². The lowest BCUT2D eigenvalue weighted by Gasteiger charge is -2.39. The van der Waals surface area contributed by atoms with Gasteiger partial charge in [0.05, 0.1) is 0 Å². The van der Waals surface area contributed by atoms with Gasteiger partial charge >= 0.3 is 5.97 Å². The molecule has 1 amide bonds. The van der Waals surface area contributed by atoms with Crippen molar-refractivity contribution in [3.63, 3.8) is 0 Å². The number of carbonyl (C=O) groups excluding carboxylic acids is 1. The van der Waals surface area contributed by atoms with Crippen molar-refractivity contribution in [2.45, 2.75) is 18.9 Å². The van der Waals surface area contributed by atoms with Gasteiger partial charge in [0.1, 0.15) is 0 Å². The largest absolute Gasteiger partial charge is 0.481 e. The van der Waals surface area contributed by atoms with Crippen molar-refractivity contribution in [2.24, 2.45) is 0 Å². The van der Waals surface area contributed by atoms with Gasteiger partial charge in [0.2, 0.25) is 0 Å². The summed E-state index contributed by atoms with van der Waals surface area (Å²) in [5.74, 6) is -0.714. The Morgan fingerprint density at radius 2 is 1.50 bits per heavy atom. The summed E-state index contributed by atoms with van der Waals surface area (Å²) in [6, 6.07) is 23.9. The van der Waals surface area contributed by atoms with Crippen LogP contribution in [0.2, 0.25) is 0 Å². The van der Waals surface area contributed by atoms with Gasteiger partial charge < -0.3 is 10.0 Å². The molecule has 0 saturated carbocycles. The molecule has 3 aromatic rings. The van der Waals surface area contributed by atoms with Crippen molar-refractivity contribution in [1.29, 1.82) is 0 Å². The van der Waals surface area contributed by atoms with E-state index in [-0.39, 0.29) is 18.4 Å². The lowest BCUT2D eigenvalue weighted by atomic mass is 9.99. The molecule has 5 nitrogen and oxygen atoms in total. The molecule has 1 aliphatic rings. The van der Waals surface area contributed by atoms with Crippen LogP contribution < -0.4 is 0 Å². The van der Waals surface area contributed by atoms with Gasteiger partial charge in [-0.1, -0.05) is 66.7 Å². The summed E-state index contributed by atoms with van der Waals surface area (Å²) in [7, 11) is 0. The molecule has 1 heterocycles. The van der Waals surface area contributed by atoms with E-state index in [4.69, 9.17) is 5.11 Å². The van der Waals surface area contributed by atoms with E-state index in [2.05, 4.69) is 17.0 Å². The molecule has 1 atom stereocenters. The predicted molar refractivity (Wildman–Crippen MR) is 117 cm³/mol. The Bertz CT molecular complexity index is 1020. The number of hydrogen-bond acceptors (Lipinski definition) is 3. The molecule has 154 valence electrons. The van der Waals surface area contributed by atoms with Gasteiger partial charge in [0.25, 0.3) is 5.91 Å². The SMILES string of the molecule is O=C(O)CCC(c1ccccc1)N1CCN(C(=O)c2cccc3ccccc23)CC1. The highest BCUT2D eigenvalue weighted by Gasteiger charge is 2.28. The quantitative estimate of drug-likeness (QED) is 0.671. The van der Waals surface area contributed by atoms with Crippen LogP contribution in [0.15, 0.2) is 72.8 Å². The Balaban J connectivity index is 1.47. The van der Waals surface area contributed by atoms with Crippen molar-refractivity contribution < 1.29 is 14.7 Å². The van der Waals surface area contributed by atoms with E-state index < -0.39 is 5.97 Å². The highest BCUT2D eigenvalue weighted by molar-refractivity contribution is 6.07. The summed E-state index contributed by atoms with van der Waals surface area (Å²) in [5, 5.41) is 11.2. The number of hydrogen-bond donors (Lipinski definition) is 1. The van der Waals surface area contributed by atoms with E-state index in [1.807, 2.05) is 65.6 Å². The summed E-state index contributed by atoms with van der Waals surface area (Å²) in [4.78, 5) is 28.6. The van der Waals surface area contributed by atoms with Crippen LogP contribution in [0.4, 0.5) is 0 Å². The zero-order valence-corrected chi connectivity index (χ0v) is 16.9. The van der Waals surface area contributed by atoms with Gasteiger partial charge in [-0.25, -0.2) is 0 Å². The highest BCUT2D eigenvalue weighted by Crippen LogP contribution is 2.28. The maximum Gasteiger partial charge on any atom is 0.303 e. The molecular weight excluding hydrogens is 376 g/mol. The van der Waals surface area contributed by atoms with Crippen LogP contribution in [0, 0.1) is 0 Å². The number of carbonyl (C=O) groups is 2. The molecule has 1 saturated heterocycles. The number of carboxylic acid groups (broad SMARTS) is 1. The predicted octanol–water partition coefficient (Wildman–Crippen LogP) is 4.20. The Hall–Kier alpha value is -3.18. The van der Waals surface area contributed by atoms with Crippen LogP contribution in [-0.4, -0.2) is 53.0 Å². The third kappa shape index (κ3) is 4.36. The van der Waals surface area contributed by atoms with Crippen LogP contribution >= 0.6 is 0 Å². The topological polar surface area (TPSA) is 60.9 Å². The fraction of sp³-hybridized carbons (Fsp3) is 0.280. The second-order valence-corrected chi connectivity index (χ2v) is 7.71. The summed E-state index contributed by atoms with van der Waals surface area (Å²) >= 11 is 0. The maximum absolute atomic E-state index is 13.2. The molecule has 0 aromatic heterocycles. The fourth-order valence-corrected chi connectivity index (χ4v) is 4.31. The summed E-state index contributed by atoms with van der Waals surface area (Å²) < 4.78 is 0. The monoisotopic (exact) mass is 402 g/mol. The van der Waals surface area contributed by atoms with E-state index in [1.54, 1.807) is 0 Å². The molecule has 3 aromatic carbocycles. The maximum atomic E-state index is 13.2. The number of piperazine rings is 1. The number of amides is 1. The average molecular weight is 402 g/mol. The number of benzene rings is 3. The molecule has 0 aliphatic carbocycles. The Morgan fingerprint density at radius 1 is 0.833 bits per heavy atom. The zero-order chi connectivity index (χ0) is 20.9. The molecule has 0 bridgehead atoms. The molecule has 1 fully saturated rings. The number of fused-ring (bicyclic) bond motifs is 1. The minimum atomic E-state index is -0.777. The van der Waals surface area contributed by atoms with Crippen LogP contribution in [0.25, 0.3) is 10.8 Å². The number of aliphatic carboxylic acids is 1. The standard InChI is InChI=1S/C25H26N2O3/c28-24(29)14-13-23(20-8-2-1-3-9-20)26-15-17-27(18-16-26)25(30)22-12-6-10-19-7-4-5-11-21(19)22/h1-12,23H,13-18H2,(H,28,29). The molecule has 5 heteroatoms. The number of nitrogens with zero attached hydrogens (tertiary/aromatic N) is 2. The van der Waals surface area contributed by atoms with Crippen LogP contribution in [-0.2, 0) is 4.79 Å². The molecule has 4 rings (SSSR count). The van der Waals surface area contributed by atoms with E-state index in [1.165, 1.54) is 0 Å². The Labute approximate surface area is 176 Å². The van der Waals surface area contributed by atoms with Crippen molar-refractivity contribution in [1.82, 2.24) is 9.80 Å². The summed E-state index contributed by atoms with van der Waals surface area (Å²) in [6.45, 7) is 2.74. The first-order valence-corrected chi connectivity index (χ1v) is 10.4. The molecule has 1 aliphatic heterocycles. The Kier molecular flexibility index (Phi) is 6.10. The van der Waals surface area contributed by atoms with Crippen molar-refractivity contribution in [3.05, 3.63) is 83.9 Å². The second kappa shape index (κ2) is 9.09. The normalized spacial score (nSPS) is 15.8. The molecular formula is C25H26N2O3.